The SMILES string of the molecule is CCCCCCNc1cc[n+](C(Br)CCCCCCCC(Br)[n+]2ccc(NCCCCCC)cc2)cc1. The summed E-state index contributed by atoms with van der Waals surface area (Å²) in [6.45, 7) is 6.65. The highest BCUT2D eigenvalue weighted by Crippen LogP contribution is 2.20. The van der Waals surface area contributed by atoms with Crippen molar-refractivity contribution in [2.24, 2.45) is 0 Å². The normalized spacial score (nSPS) is 12.9. The number of unbranched alkanes of at least 4 members (excludes halogenated alkanes) is 10. The average Bonchev–Trinajstić information content (AvgIpc) is 2.92. The van der Waals surface area contributed by atoms with E-state index in [-0.39, 0.29) is 0 Å². The highest BCUT2D eigenvalue weighted by atomic mass is 79.9. The molecule has 4 nitrogen and oxygen atoms in total. The minimum Gasteiger partial charge on any atom is -0.385 e. The third kappa shape index (κ3) is 14.6. The van der Waals surface area contributed by atoms with Crippen LogP contribution in [-0.4, -0.2) is 13.1 Å². The van der Waals surface area contributed by atoms with Crippen molar-refractivity contribution in [2.45, 2.75) is 120 Å². The Morgan fingerprint density at radius 2 is 0.892 bits per heavy atom. The van der Waals surface area contributed by atoms with Crippen molar-refractivity contribution in [1.29, 1.82) is 0 Å². The number of nitrogens with zero attached hydrogens (tertiary/aromatic N) is 2. The third-order valence-corrected chi connectivity index (χ3v) is 8.82. The van der Waals surface area contributed by atoms with Crippen molar-refractivity contribution in [1.82, 2.24) is 0 Å². The molecule has 2 rings (SSSR count). The summed E-state index contributed by atoms with van der Waals surface area (Å²) in [4.78, 5) is 0.756. The molecule has 2 aromatic heterocycles. The van der Waals surface area contributed by atoms with Crippen molar-refractivity contribution < 1.29 is 9.13 Å². The second-order valence-corrected chi connectivity index (χ2v) is 12.4. The maximum atomic E-state index is 3.88. The summed E-state index contributed by atoms with van der Waals surface area (Å²) in [5, 5.41) is 7.08. The first kappa shape index (κ1) is 32.1. The quantitative estimate of drug-likeness (QED) is 0.0764. The van der Waals surface area contributed by atoms with Crippen LogP contribution in [0.2, 0.25) is 0 Å². The highest BCUT2D eigenvalue weighted by molar-refractivity contribution is 9.09. The van der Waals surface area contributed by atoms with E-state index in [1.165, 1.54) is 108 Å². The van der Waals surface area contributed by atoms with Gasteiger partial charge in [0.25, 0.3) is 0 Å². The van der Waals surface area contributed by atoms with Crippen LogP contribution < -0.4 is 19.8 Å². The van der Waals surface area contributed by atoms with Gasteiger partial charge in [-0.15, -0.1) is 0 Å². The number of anilines is 2. The second kappa shape index (κ2) is 20.8. The molecule has 0 amide bonds. The van der Waals surface area contributed by atoms with Crippen LogP contribution >= 0.6 is 31.9 Å². The van der Waals surface area contributed by atoms with Gasteiger partial charge in [-0.25, -0.2) is 0 Å². The largest absolute Gasteiger partial charge is 0.385 e. The monoisotopic (exact) mass is 638 g/mol. The molecule has 208 valence electrons. The topological polar surface area (TPSA) is 31.8 Å². The summed E-state index contributed by atoms with van der Waals surface area (Å²) in [7, 11) is 0. The summed E-state index contributed by atoms with van der Waals surface area (Å²) in [6.07, 6.45) is 28.0. The van der Waals surface area contributed by atoms with Gasteiger partial charge in [-0.05, 0) is 57.5 Å². The maximum absolute atomic E-state index is 3.88. The lowest BCUT2D eigenvalue weighted by atomic mass is 10.1. The molecule has 0 spiro atoms. The molecule has 2 N–H and O–H groups in total. The smallest absolute Gasteiger partial charge is 0.211 e. The van der Waals surface area contributed by atoms with E-state index in [9.17, 15) is 0 Å². The zero-order chi connectivity index (χ0) is 26.6. The molecule has 0 aromatic carbocycles. The van der Waals surface area contributed by atoms with Gasteiger partial charge < -0.3 is 10.6 Å². The summed E-state index contributed by atoms with van der Waals surface area (Å²) < 4.78 is 4.56. The summed E-state index contributed by atoms with van der Waals surface area (Å²) in [6, 6.07) is 8.78. The van der Waals surface area contributed by atoms with Crippen molar-refractivity contribution >= 4 is 43.2 Å². The highest BCUT2D eigenvalue weighted by Gasteiger charge is 2.15. The van der Waals surface area contributed by atoms with E-state index in [0.717, 1.165) is 13.1 Å². The first-order valence-corrected chi connectivity index (χ1v) is 16.7. The van der Waals surface area contributed by atoms with Crippen molar-refractivity contribution in [2.75, 3.05) is 23.7 Å². The molecule has 0 saturated heterocycles. The summed E-state index contributed by atoms with van der Waals surface area (Å²) >= 11 is 7.75. The van der Waals surface area contributed by atoms with Gasteiger partial charge >= 0.3 is 0 Å². The van der Waals surface area contributed by atoms with Crippen LogP contribution in [0.5, 0.6) is 0 Å². The Morgan fingerprint density at radius 3 is 1.27 bits per heavy atom. The molecule has 0 aliphatic rings. The maximum Gasteiger partial charge on any atom is 0.211 e. The molecular formula is C31H52Br2N4+2. The van der Waals surface area contributed by atoms with E-state index in [0.29, 0.717) is 9.90 Å². The predicted molar refractivity (Wildman–Crippen MR) is 167 cm³/mol. The van der Waals surface area contributed by atoms with Crippen LogP contribution in [0.3, 0.4) is 0 Å². The Kier molecular flexibility index (Phi) is 18.0. The van der Waals surface area contributed by atoms with Gasteiger partial charge in [0, 0.05) is 61.6 Å². The number of alkyl halides is 2. The molecule has 0 bridgehead atoms. The number of hydrogen-bond donors (Lipinski definition) is 2. The molecule has 6 heteroatoms. The Labute approximate surface area is 244 Å². The van der Waals surface area contributed by atoms with E-state index in [4.69, 9.17) is 0 Å². The molecule has 2 aromatic rings. The lowest BCUT2D eigenvalue weighted by Gasteiger charge is -2.09. The van der Waals surface area contributed by atoms with Gasteiger partial charge in [-0.3, -0.25) is 0 Å². The zero-order valence-corrected chi connectivity index (χ0v) is 26.6. The minimum atomic E-state index is 0.378. The van der Waals surface area contributed by atoms with Crippen molar-refractivity contribution in [3.05, 3.63) is 49.1 Å². The van der Waals surface area contributed by atoms with Crippen molar-refractivity contribution in [3.8, 4) is 0 Å². The number of pyridine rings is 2. The molecule has 37 heavy (non-hydrogen) atoms. The Bertz CT molecular complexity index is 730. The molecule has 2 atom stereocenters. The zero-order valence-electron chi connectivity index (χ0n) is 23.4. The second-order valence-electron chi connectivity index (χ2n) is 10.3. The number of hydrogen-bond acceptors (Lipinski definition) is 2. The fourth-order valence-corrected chi connectivity index (χ4v) is 5.70. The molecule has 2 heterocycles. The first-order chi connectivity index (χ1) is 18.1. The summed E-state index contributed by atoms with van der Waals surface area (Å²) in [5.41, 5.74) is 2.45. The van der Waals surface area contributed by atoms with E-state index >= 15 is 0 Å². The Morgan fingerprint density at radius 1 is 0.541 bits per heavy atom. The number of aromatic nitrogens is 2. The van der Waals surface area contributed by atoms with E-state index in [1.807, 2.05) is 0 Å². The summed E-state index contributed by atoms with van der Waals surface area (Å²) in [5.74, 6) is 0. The Balaban J connectivity index is 1.51. The van der Waals surface area contributed by atoms with Crippen LogP contribution in [0.4, 0.5) is 11.4 Å². The van der Waals surface area contributed by atoms with E-state index in [2.05, 4.69) is 115 Å². The standard InChI is InChI=1S/C31H50Br2N4/c1-3-5-7-14-22-34-28-18-24-36(25-19-28)30(32)16-12-10-9-11-13-17-31(33)37-26-20-29(21-27-37)35-23-15-8-6-4-2/h18-21,24-27,30-31H,3-17,22-23H2,1-2H3/p+2. The van der Waals surface area contributed by atoms with Gasteiger partial charge in [-0.2, -0.15) is 9.13 Å². The molecule has 0 saturated carbocycles. The van der Waals surface area contributed by atoms with E-state index < -0.39 is 0 Å². The van der Waals surface area contributed by atoms with E-state index in [1.54, 1.807) is 0 Å². The van der Waals surface area contributed by atoms with Crippen molar-refractivity contribution in [3.63, 3.8) is 0 Å². The lowest BCUT2D eigenvalue weighted by molar-refractivity contribution is -0.698. The minimum absolute atomic E-state index is 0.378. The van der Waals surface area contributed by atoms with Gasteiger partial charge in [0.15, 0.2) is 24.8 Å². The van der Waals surface area contributed by atoms with Gasteiger partial charge in [0.1, 0.15) is 0 Å². The third-order valence-electron chi connectivity index (χ3n) is 6.96. The average molecular weight is 641 g/mol. The fraction of sp³-hybridized carbons (Fsp3) is 0.677. The van der Waals surface area contributed by atoms with Crippen LogP contribution in [0.25, 0.3) is 0 Å². The number of halogens is 2. The van der Waals surface area contributed by atoms with Crippen LogP contribution in [-0.2, 0) is 0 Å². The first-order valence-electron chi connectivity index (χ1n) is 14.9. The molecule has 0 radical (unpaired) electrons. The fourth-order valence-electron chi connectivity index (χ4n) is 4.51. The van der Waals surface area contributed by atoms with Gasteiger partial charge in [0.2, 0.25) is 9.90 Å². The Hall–Kier alpha value is -1.14. The molecular weight excluding hydrogens is 588 g/mol. The molecule has 2 unspecified atom stereocenters. The van der Waals surface area contributed by atoms with Crippen LogP contribution in [0.1, 0.15) is 120 Å². The molecule has 0 aliphatic heterocycles. The van der Waals surface area contributed by atoms with Gasteiger partial charge in [-0.1, -0.05) is 71.6 Å². The van der Waals surface area contributed by atoms with Gasteiger partial charge in [0.05, 0.1) is 0 Å². The number of nitrogens with one attached hydrogen (secondary N) is 2. The van der Waals surface area contributed by atoms with Crippen LogP contribution in [0.15, 0.2) is 49.1 Å². The predicted octanol–water partition coefficient (Wildman–Crippen LogP) is 9.46. The lowest BCUT2D eigenvalue weighted by Crippen LogP contribution is -2.35. The molecule has 0 fully saturated rings. The van der Waals surface area contributed by atoms with Crippen LogP contribution in [0, 0.1) is 0 Å². The number of rotatable bonds is 22. The molecule has 0 aliphatic carbocycles.